The molecule has 4 aromatic rings. The number of carbonyl (C=O) groups is 1. The number of nitrogens with zero attached hydrogens (tertiary/aromatic N) is 4. The number of rotatable bonds is 7. The highest BCUT2D eigenvalue weighted by Crippen LogP contribution is 2.39. The fourth-order valence-electron chi connectivity index (χ4n) is 3.58. The molecule has 8 heteroatoms. The predicted molar refractivity (Wildman–Crippen MR) is 124 cm³/mol. The number of thioether (sulfide) groups is 1. The van der Waals surface area contributed by atoms with Gasteiger partial charge < -0.3 is 9.73 Å². The molecular weight excluding hydrogens is 422 g/mol. The number of aromatic nitrogens is 4. The summed E-state index contributed by atoms with van der Waals surface area (Å²) in [6, 6.07) is 18.0. The largest absolute Gasteiger partial charge is 0.416 e. The van der Waals surface area contributed by atoms with E-state index in [1.807, 2.05) is 36.4 Å². The number of benzene rings is 2. The number of hydrogen-bond donors (Lipinski definition) is 1. The van der Waals surface area contributed by atoms with Crippen LogP contribution in [0.1, 0.15) is 35.8 Å². The highest BCUT2D eigenvalue weighted by atomic mass is 32.2. The van der Waals surface area contributed by atoms with Gasteiger partial charge in [-0.15, -0.1) is 10.2 Å². The summed E-state index contributed by atoms with van der Waals surface area (Å²) in [4.78, 5) is 12.7. The lowest BCUT2D eigenvalue weighted by atomic mass is 10.1. The molecule has 1 N–H and O–H groups in total. The third-order valence-electron chi connectivity index (χ3n) is 5.17. The van der Waals surface area contributed by atoms with Crippen LogP contribution in [0.3, 0.4) is 0 Å². The fraction of sp³-hybridized carbons (Fsp3) is 0.250. The molecule has 1 aliphatic rings. The molecule has 1 aliphatic carbocycles. The van der Waals surface area contributed by atoms with E-state index in [4.69, 9.17) is 9.52 Å². The molecule has 162 valence electrons. The number of anilines is 1. The van der Waals surface area contributed by atoms with Crippen LogP contribution in [0.2, 0.25) is 0 Å². The SMILES string of the molecule is Cc1cc(C)cc(-c2cc(NC(=O)CSc3nnc(C4CC4)o3)n(-c3ccccc3)n2)c1. The van der Waals surface area contributed by atoms with Crippen molar-refractivity contribution < 1.29 is 9.21 Å². The van der Waals surface area contributed by atoms with Gasteiger partial charge in [-0.3, -0.25) is 4.79 Å². The smallest absolute Gasteiger partial charge is 0.277 e. The Kier molecular flexibility index (Phi) is 5.53. The van der Waals surface area contributed by atoms with Crippen LogP contribution in [0.4, 0.5) is 5.82 Å². The zero-order valence-corrected chi connectivity index (χ0v) is 18.7. The third kappa shape index (κ3) is 4.60. The number of hydrogen-bond acceptors (Lipinski definition) is 6. The summed E-state index contributed by atoms with van der Waals surface area (Å²) in [5.74, 6) is 1.69. The number of aryl methyl sites for hydroxylation is 2. The van der Waals surface area contributed by atoms with E-state index in [0.29, 0.717) is 22.8 Å². The first-order chi connectivity index (χ1) is 15.5. The van der Waals surface area contributed by atoms with Gasteiger partial charge in [0.15, 0.2) is 0 Å². The van der Waals surface area contributed by atoms with Gasteiger partial charge in [0.05, 0.1) is 17.1 Å². The molecular formula is C24H23N5O2S. The van der Waals surface area contributed by atoms with Gasteiger partial charge in [0.25, 0.3) is 5.22 Å². The number of para-hydroxylation sites is 1. The second-order valence-electron chi connectivity index (χ2n) is 8.06. The van der Waals surface area contributed by atoms with E-state index < -0.39 is 0 Å². The Morgan fingerprint density at radius 1 is 1.09 bits per heavy atom. The van der Waals surface area contributed by atoms with Crippen LogP contribution in [0.5, 0.6) is 0 Å². The molecule has 0 radical (unpaired) electrons. The molecule has 5 rings (SSSR count). The summed E-state index contributed by atoms with van der Waals surface area (Å²) in [7, 11) is 0. The Morgan fingerprint density at radius 3 is 2.56 bits per heavy atom. The van der Waals surface area contributed by atoms with Crippen LogP contribution < -0.4 is 5.32 Å². The van der Waals surface area contributed by atoms with Crippen LogP contribution >= 0.6 is 11.8 Å². The second-order valence-corrected chi connectivity index (χ2v) is 8.98. The molecule has 0 saturated heterocycles. The molecule has 0 unspecified atom stereocenters. The van der Waals surface area contributed by atoms with Crippen molar-refractivity contribution in [2.75, 3.05) is 11.1 Å². The summed E-state index contributed by atoms with van der Waals surface area (Å²) in [5.41, 5.74) is 5.02. The van der Waals surface area contributed by atoms with E-state index in [0.717, 1.165) is 29.8 Å². The molecule has 2 aromatic heterocycles. The zero-order valence-electron chi connectivity index (χ0n) is 17.9. The monoisotopic (exact) mass is 445 g/mol. The van der Waals surface area contributed by atoms with Crippen molar-refractivity contribution in [3.63, 3.8) is 0 Å². The van der Waals surface area contributed by atoms with E-state index in [-0.39, 0.29) is 11.7 Å². The molecule has 0 atom stereocenters. The van der Waals surface area contributed by atoms with Gasteiger partial charge in [-0.2, -0.15) is 5.10 Å². The summed E-state index contributed by atoms with van der Waals surface area (Å²) in [6.07, 6.45) is 2.19. The van der Waals surface area contributed by atoms with E-state index in [9.17, 15) is 4.79 Å². The van der Waals surface area contributed by atoms with Gasteiger partial charge in [0, 0.05) is 17.5 Å². The van der Waals surface area contributed by atoms with E-state index >= 15 is 0 Å². The van der Waals surface area contributed by atoms with Gasteiger partial charge in [0.2, 0.25) is 11.8 Å². The Bertz CT molecular complexity index is 1240. The van der Waals surface area contributed by atoms with E-state index in [1.165, 1.54) is 22.9 Å². The molecule has 32 heavy (non-hydrogen) atoms. The third-order valence-corrected chi connectivity index (χ3v) is 5.99. The summed E-state index contributed by atoms with van der Waals surface area (Å²) >= 11 is 1.24. The highest BCUT2D eigenvalue weighted by molar-refractivity contribution is 7.99. The standard InChI is InChI=1S/C24H23N5O2S/c1-15-10-16(2)12-18(11-15)20-13-21(29(28-20)19-6-4-3-5-7-19)25-22(30)14-32-24-27-26-23(31-24)17-8-9-17/h3-7,10-13,17H,8-9,14H2,1-2H3,(H,25,30). The van der Waals surface area contributed by atoms with Gasteiger partial charge in [-0.25, -0.2) is 4.68 Å². The fourth-order valence-corrected chi connectivity index (χ4v) is 4.15. The van der Waals surface area contributed by atoms with Gasteiger partial charge in [-0.1, -0.05) is 47.2 Å². The second kappa shape index (κ2) is 8.63. The van der Waals surface area contributed by atoms with Crippen LogP contribution in [0.15, 0.2) is 64.2 Å². The maximum absolute atomic E-state index is 12.7. The van der Waals surface area contributed by atoms with Crippen LogP contribution in [-0.2, 0) is 4.79 Å². The Hall–Kier alpha value is -3.39. The van der Waals surface area contributed by atoms with Crippen molar-refractivity contribution in [3.8, 4) is 16.9 Å². The Labute approximate surface area is 190 Å². The summed E-state index contributed by atoms with van der Waals surface area (Å²) in [6.45, 7) is 4.13. The zero-order chi connectivity index (χ0) is 22.1. The molecule has 2 heterocycles. The molecule has 1 amide bonds. The maximum atomic E-state index is 12.7. The average molecular weight is 446 g/mol. The van der Waals surface area contributed by atoms with Gasteiger partial charge >= 0.3 is 0 Å². The van der Waals surface area contributed by atoms with Crippen LogP contribution in [-0.4, -0.2) is 31.6 Å². The topological polar surface area (TPSA) is 85.8 Å². The van der Waals surface area contributed by atoms with Crippen molar-refractivity contribution >= 4 is 23.5 Å². The molecule has 2 aromatic carbocycles. The Morgan fingerprint density at radius 2 is 1.84 bits per heavy atom. The maximum Gasteiger partial charge on any atom is 0.277 e. The molecule has 7 nitrogen and oxygen atoms in total. The first kappa shape index (κ1) is 20.5. The number of amides is 1. The highest BCUT2D eigenvalue weighted by Gasteiger charge is 2.29. The molecule has 0 bridgehead atoms. The Balaban J connectivity index is 1.37. The predicted octanol–water partition coefficient (Wildman–Crippen LogP) is 5.15. The average Bonchev–Trinajstić information content (AvgIpc) is 3.37. The first-order valence-corrected chi connectivity index (χ1v) is 11.5. The minimum absolute atomic E-state index is 0.162. The van der Waals surface area contributed by atoms with Crippen LogP contribution in [0.25, 0.3) is 16.9 Å². The van der Waals surface area contributed by atoms with E-state index in [2.05, 4.69) is 47.6 Å². The summed E-state index contributed by atoms with van der Waals surface area (Å²) < 4.78 is 7.39. The molecule has 1 saturated carbocycles. The van der Waals surface area contributed by atoms with E-state index in [1.54, 1.807) is 4.68 Å². The lowest BCUT2D eigenvalue weighted by Gasteiger charge is -2.08. The van der Waals surface area contributed by atoms with Crippen molar-refractivity contribution in [3.05, 3.63) is 71.6 Å². The summed E-state index contributed by atoms with van der Waals surface area (Å²) in [5, 5.41) is 16.3. The molecule has 1 fully saturated rings. The van der Waals surface area contributed by atoms with Crippen LogP contribution in [0, 0.1) is 13.8 Å². The lowest BCUT2D eigenvalue weighted by Crippen LogP contribution is -2.16. The normalized spacial score (nSPS) is 13.3. The van der Waals surface area contributed by atoms with Gasteiger partial charge in [-0.05, 0) is 51.0 Å². The lowest BCUT2D eigenvalue weighted by molar-refractivity contribution is -0.113. The van der Waals surface area contributed by atoms with Crippen molar-refractivity contribution in [2.24, 2.45) is 0 Å². The van der Waals surface area contributed by atoms with Crippen molar-refractivity contribution in [1.82, 2.24) is 20.0 Å². The quantitative estimate of drug-likeness (QED) is 0.396. The minimum Gasteiger partial charge on any atom is -0.416 e. The number of nitrogens with one attached hydrogen (secondary N) is 1. The molecule has 0 aliphatic heterocycles. The van der Waals surface area contributed by atoms with Crippen molar-refractivity contribution in [2.45, 2.75) is 37.8 Å². The van der Waals surface area contributed by atoms with Gasteiger partial charge in [0.1, 0.15) is 5.82 Å². The number of carbonyl (C=O) groups excluding carboxylic acids is 1. The van der Waals surface area contributed by atoms with Crippen molar-refractivity contribution in [1.29, 1.82) is 0 Å². The molecule has 0 spiro atoms. The first-order valence-electron chi connectivity index (χ1n) is 10.6. The minimum atomic E-state index is -0.162.